The van der Waals surface area contributed by atoms with E-state index in [0.717, 1.165) is 0 Å². The van der Waals surface area contributed by atoms with Gasteiger partial charge in [0.15, 0.2) is 4.34 Å². The molecule has 21 heavy (non-hydrogen) atoms. The predicted octanol–water partition coefficient (Wildman–Crippen LogP) is 0.798. The van der Waals surface area contributed by atoms with Crippen LogP contribution in [0.2, 0.25) is 0 Å². The van der Waals surface area contributed by atoms with Gasteiger partial charge in [0.2, 0.25) is 16.2 Å². The minimum atomic E-state index is -0.148. The molecule has 110 valence electrons. The van der Waals surface area contributed by atoms with E-state index in [1.54, 1.807) is 11.7 Å². The summed E-state index contributed by atoms with van der Waals surface area (Å²) < 4.78 is 2.21. The lowest BCUT2D eigenvalue weighted by molar-refractivity contribution is -0.115. The lowest BCUT2D eigenvalue weighted by Gasteiger charge is -2.00. The molecule has 0 unspecified atom stereocenters. The summed E-state index contributed by atoms with van der Waals surface area (Å²) in [5.74, 6) is 0.727. The van der Waals surface area contributed by atoms with Gasteiger partial charge in [-0.2, -0.15) is 5.26 Å². The van der Waals surface area contributed by atoms with Crippen molar-refractivity contribution in [2.24, 2.45) is 7.05 Å². The third kappa shape index (κ3) is 4.96. The Kier molecular flexibility index (Phi) is 5.90. The molecule has 0 radical (unpaired) electrons. The van der Waals surface area contributed by atoms with Crippen LogP contribution in [-0.4, -0.2) is 47.8 Å². The first-order chi connectivity index (χ1) is 10.2. The van der Waals surface area contributed by atoms with Gasteiger partial charge in [0.05, 0.1) is 11.8 Å². The number of hydrogen-bond donors (Lipinski definition) is 1. The fourth-order valence-electron chi connectivity index (χ4n) is 1.17. The summed E-state index contributed by atoms with van der Waals surface area (Å²) in [6.07, 6.45) is 0.317. The molecule has 9 nitrogen and oxygen atoms in total. The molecular weight excluding hydrogens is 332 g/mol. The molecule has 1 N–H and O–H groups in total. The molecule has 2 aromatic rings. The van der Waals surface area contributed by atoms with E-state index in [4.69, 9.17) is 5.26 Å². The Morgan fingerprint density at radius 2 is 2.29 bits per heavy atom. The van der Waals surface area contributed by atoms with Crippen LogP contribution in [0.15, 0.2) is 9.50 Å². The molecule has 0 saturated heterocycles. The van der Waals surface area contributed by atoms with Crippen molar-refractivity contribution in [1.82, 2.24) is 30.4 Å². The van der Waals surface area contributed by atoms with Gasteiger partial charge in [-0.1, -0.05) is 34.9 Å². The Labute approximate surface area is 132 Å². The van der Waals surface area contributed by atoms with Crippen LogP contribution in [0.25, 0.3) is 0 Å². The number of aryl methyl sites for hydroxylation is 1. The number of carbonyl (C=O) groups is 1. The molecule has 0 aliphatic rings. The second-order valence-electron chi connectivity index (χ2n) is 3.55. The largest absolute Gasteiger partial charge is 0.300 e. The fourth-order valence-corrected chi connectivity index (χ4v) is 3.39. The van der Waals surface area contributed by atoms with E-state index in [-0.39, 0.29) is 5.91 Å². The molecule has 12 heteroatoms. The van der Waals surface area contributed by atoms with E-state index in [9.17, 15) is 4.79 Å². The Morgan fingerprint density at radius 1 is 1.43 bits per heavy atom. The molecular formula is C9H10N8OS3. The zero-order valence-electron chi connectivity index (χ0n) is 10.9. The molecule has 0 atom stereocenters. The highest BCUT2D eigenvalue weighted by Crippen LogP contribution is 2.25. The van der Waals surface area contributed by atoms with Gasteiger partial charge in [-0.05, 0) is 10.4 Å². The van der Waals surface area contributed by atoms with E-state index in [1.807, 2.05) is 6.07 Å². The Bertz CT molecular complexity index is 647. The number of carbonyl (C=O) groups excluding carboxylic acids is 1. The fraction of sp³-hybridized carbons (Fsp3) is 0.444. The first-order valence-corrected chi connectivity index (χ1v) is 8.46. The van der Waals surface area contributed by atoms with E-state index < -0.39 is 0 Å². The Morgan fingerprint density at radius 3 is 3.00 bits per heavy atom. The van der Waals surface area contributed by atoms with Crippen LogP contribution in [0.4, 0.5) is 5.13 Å². The highest BCUT2D eigenvalue weighted by Gasteiger charge is 2.10. The summed E-state index contributed by atoms with van der Waals surface area (Å²) in [5.41, 5.74) is 0. The monoisotopic (exact) mass is 342 g/mol. The molecule has 1 amide bonds. The summed E-state index contributed by atoms with van der Waals surface area (Å²) in [6.45, 7) is 0. The summed E-state index contributed by atoms with van der Waals surface area (Å²) in [6, 6.07) is 2.01. The molecule has 0 spiro atoms. The summed E-state index contributed by atoms with van der Waals surface area (Å²) in [4.78, 5) is 11.7. The molecule has 0 bridgehead atoms. The van der Waals surface area contributed by atoms with Crippen LogP contribution in [0.3, 0.4) is 0 Å². The number of rotatable bonds is 7. The Hall–Kier alpha value is -1.71. The van der Waals surface area contributed by atoms with Gasteiger partial charge in [0.1, 0.15) is 0 Å². The lowest BCUT2D eigenvalue weighted by Crippen LogP contribution is -2.12. The van der Waals surface area contributed by atoms with E-state index in [2.05, 4.69) is 31.0 Å². The average molecular weight is 342 g/mol. The molecule has 0 aromatic carbocycles. The van der Waals surface area contributed by atoms with Gasteiger partial charge in [0, 0.05) is 19.2 Å². The second-order valence-corrected chi connectivity index (χ2v) is 6.81. The van der Waals surface area contributed by atoms with Crippen LogP contribution in [0.5, 0.6) is 0 Å². The zero-order chi connectivity index (χ0) is 15.1. The van der Waals surface area contributed by atoms with Gasteiger partial charge >= 0.3 is 0 Å². The van der Waals surface area contributed by atoms with E-state index in [0.29, 0.717) is 32.6 Å². The van der Waals surface area contributed by atoms with Crippen molar-refractivity contribution in [2.75, 3.05) is 16.8 Å². The van der Waals surface area contributed by atoms with Crippen molar-refractivity contribution in [3.8, 4) is 6.07 Å². The summed E-state index contributed by atoms with van der Waals surface area (Å²) in [5, 5.41) is 31.0. The highest BCUT2D eigenvalue weighted by atomic mass is 32.2. The van der Waals surface area contributed by atoms with Crippen LogP contribution in [0, 0.1) is 11.3 Å². The summed E-state index contributed by atoms with van der Waals surface area (Å²) >= 11 is 3.94. The number of anilines is 1. The maximum atomic E-state index is 11.7. The van der Waals surface area contributed by atoms with Gasteiger partial charge in [-0.15, -0.1) is 15.3 Å². The number of aromatic nitrogens is 6. The number of amides is 1. The van der Waals surface area contributed by atoms with Gasteiger partial charge in [0.25, 0.3) is 0 Å². The molecule has 0 saturated carbocycles. The first kappa shape index (κ1) is 15.7. The van der Waals surface area contributed by atoms with Gasteiger partial charge in [-0.3, -0.25) is 4.79 Å². The second kappa shape index (κ2) is 7.91. The normalized spacial score (nSPS) is 10.3. The standard InChI is InChI=1S/C9H10N8OS3/c1-17-8(13-15-16-17)19-4-2-6(18)11-7-12-14-9(21-7)20-5-3-10/h2,4-5H2,1H3,(H,11,12,18). The third-order valence-electron chi connectivity index (χ3n) is 2.05. The van der Waals surface area contributed by atoms with Crippen molar-refractivity contribution >= 4 is 45.9 Å². The first-order valence-electron chi connectivity index (χ1n) is 5.67. The van der Waals surface area contributed by atoms with Crippen molar-refractivity contribution in [1.29, 1.82) is 5.26 Å². The maximum absolute atomic E-state index is 11.7. The molecule has 2 aromatic heterocycles. The number of nitrogens with zero attached hydrogens (tertiary/aromatic N) is 7. The van der Waals surface area contributed by atoms with Gasteiger partial charge < -0.3 is 5.32 Å². The highest BCUT2D eigenvalue weighted by molar-refractivity contribution is 8.01. The van der Waals surface area contributed by atoms with Crippen molar-refractivity contribution < 1.29 is 4.79 Å². The maximum Gasteiger partial charge on any atom is 0.227 e. The molecule has 2 heterocycles. The van der Waals surface area contributed by atoms with Crippen molar-refractivity contribution in [2.45, 2.75) is 15.9 Å². The molecule has 0 aliphatic heterocycles. The number of nitrogens with one attached hydrogen (secondary N) is 1. The SMILES string of the molecule is Cn1nnnc1SCCC(=O)Nc1nnc(SCC#N)s1. The third-order valence-corrected chi connectivity index (χ3v) is 4.91. The molecule has 0 fully saturated rings. The van der Waals surface area contributed by atoms with Crippen LogP contribution >= 0.6 is 34.9 Å². The smallest absolute Gasteiger partial charge is 0.227 e. The number of thioether (sulfide) groups is 2. The lowest BCUT2D eigenvalue weighted by atomic mass is 10.5. The Balaban J connectivity index is 1.73. The average Bonchev–Trinajstić information content (AvgIpc) is 3.06. The summed E-state index contributed by atoms with van der Waals surface area (Å²) in [7, 11) is 1.74. The van der Waals surface area contributed by atoms with E-state index >= 15 is 0 Å². The van der Waals surface area contributed by atoms with Crippen LogP contribution < -0.4 is 5.32 Å². The van der Waals surface area contributed by atoms with E-state index in [1.165, 1.54) is 34.9 Å². The van der Waals surface area contributed by atoms with Crippen LogP contribution in [-0.2, 0) is 11.8 Å². The van der Waals surface area contributed by atoms with Crippen molar-refractivity contribution in [3.63, 3.8) is 0 Å². The zero-order valence-corrected chi connectivity index (χ0v) is 13.3. The minimum absolute atomic E-state index is 0.148. The number of nitriles is 1. The number of hydrogen-bond acceptors (Lipinski definition) is 10. The quantitative estimate of drug-likeness (QED) is 0.575. The van der Waals surface area contributed by atoms with Crippen molar-refractivity contribution in [3.05, 3.63) is 0 Å². The van der Waals surface area contributed by atoms with Gasteiger partial charge in [-0.25, -0.2) is 4.68 Å². The molecule has 0 aliphatic carbocycles. The minimum Gasteiger partial charge on any atom is -0.300 e. The predicted molar refractivity (Wildman–Crippen MR) is 79.0 cm³/mol. The topological polar surface area (TPSA) is 122 Å². The van der Waals surface area contributed by atoms with Crippen LogP contribution in [0.1, 0.15) is 6.42 Å². The molecule has 2 rings (SSSR count). The number of tetrazole rings is 1.